The van der Waals surface area contributed by atoms with Gasteiger partial charge in [-0.25, -0.2) is 4.39 Å². The Morgan fingerprint density at radius 2 is 1.95 bits per heavy atom. The lowest BCUT2D eigenvalue weighted by atomic mass is 9.76. The summed E-state index contributed by atoms with van der Waals surface area (Å²) in [6.45, 7) is 1.72. The van der Waals surface area contributed by atoms with Crippen LogP contribution in [0.5, 0.6) is 0 Å². The second-order valence-corrected chi connectivity index (χ2v) is 5.52. The van der Waals surface area contributed by atoms with E-state index in [1.807, 2.05) is 6.26 Å². The Balaban J connectivity index is 3.25. The first kappa shape index (κ1) is 17.5. The van der Waals surface area contributed by atoms with E-state index in [1.165, 1.54) is 12.1 Å². The van der Waals surface area contributed by atoms with Crippen molar-refractivity contribution in [3.63, 3.8) is 0 Å². The van der Waals surface area contributed by atoms with Crippen LogP contribution < -0.4 is 0 Å². The molecular weight excluding hydrogens is 295 g/mol. The van der Waals surface area contributed by atoms with Gasteiger partial charge in [-0.3, -0.25) is 9.59 Å². The van der Waals surface area contributed by atoms with Crippen molar-refractivity contribution in [2.45, 2.75) is 25.2 Å². The van der Waals surface area contributed by atoms with Crippen LogP contribution in [0.25, 0.3) is 0 Å². The van der Waals surface area contributed by atoms with Crippen molar-refractivity contribution >= 4 is 23.7 Å². The molecule has 0 aliphatic rings. The van der Waals surface area contributed by atoms with Gasteiger partial charge in [0.25, 0.3) is 0 Å². The molecule has 0 aliphatic carbocycles. The van der Waals surface area contributed by atoms with Gasteiger partial charge in [-0.1, -0.05) is 12.1 Å². The first-order chi connectivity index (χ1) is 9.98. The van der Waals surface area contributed by atoms with Crippen molar-refractivity contribution < 1.29 is 23.8 Å². The smallest absolute Gasteiger partial charge is 0.328 e. The van der Waals surface area contributed by atoms with E-state index in [9.17, 15) is 19.1 Å². The largest absolute Gasteiger partial charge is 0.480 e. The summed E-state index contributed by atoms with van der Waals surface area (Å²) in [5.74, 6) is -1.82. The van der Waals surface area contributed by atoms with Gasteiger partial charge in [0.2, 0.25) is 0 Å². The van der Waals surface area contributed by atoms with Crippen LogP contribution in [0.2, 0.25) is 0 Å². The summed E-state index contributed by atoms with van der Waals surface area (Å²) in [5, 5.41) is 9.64. The van der Waals surface area contributed by atoms with Crippen LogP contribution in [0, 0.1) is 5.82 Å². The number of carbonyl (C=O) groups is 2. The molecule has 1 aromatic carbocycles. The van der Waals surface area contributed by atoms with Gasteiger partial charge in [0.15, 0.2) is 5.41 Å². The van der Waals surface area contributed by atoms with Gasteiger partial charge >= 0.3 is 11.9 Å². The summed E-state index contributed by atoms with van der Waals surface area (Å²) in [6.07, 6.45) is 2.57. The zero-order valence-electron chi connectivity index (χ0n) is 12.1. The van der Waals surface area contributed by atoms with Gasteiger partial charge in [-0.2, -0.15) is 11.8 Å². The molecule has 0 radical (unpaired) electrons. The number of aliphatic carboxylic acids is 1. The molecule has 0 amide bonds. The lowest BCUT2D eigenvalue weighted by Crippen LogP contribution is -2.45. The van der Waals surface area contributed by atoms with Crippen molar-refractivity contribution in [1.29, 1.82) is 0 Å². The Bertz CT molecular complexity index is 489. The summed E-state index contributed by atoms with van der Waals surface area (Å²) in [6, 6.07) is 4.97. The number of carbonyl (C=O) groups excluding carboxylic acids is 1. The Morgan fingerprint density at radius 1 is 1.33 bits per heavy atom. The first-order valence-electron chi connectivity index (χ1n) is 6.64. The molecule has 0 heterocycles. The number of hydrogen-bond donors (Lipinski definition) is 1. The third-order valence-corrected chi connectivity index (χ3v) is 3.92. The van der Waals surface area contributed by atoms with Gasteiger partial charge in [0.05, 0.1) is 6.61 Å². The monoisotopic (exact) mass is 314 g/mol. The molecule has 4 nitrogen and oxygen atoms in total. The minimum atomic E-state index is -1.78. The minimum absolute atomic E-state index is 0.0948. The quantitative estimate of drug-likeness (QED) is 0.454. The number of hydrogen-bond acceptors (Lipinski definition) is 4. The predicted octanol–water partition coefficient (Wildman–Crippen LogP) is 2.85. The molecule has 1 atom stereocenters. The van der Waals surface area contributed by atoms with Gasteiger partial charge in [0.1, 0.15) is 5.82 Å². The Labute approximate surface area is 127 Å². The van der Waals surface area contributed by atoms with Crippen LogP contribution in [-0.2, 0) is 19.7 Å². The highest BCUT2D eigenvalue weighted by Gasteiger charge is 2.48. The van der Waals surface area contributed by atoms with E-state index >= 15 is 0 Å². The van der Waals surface area contributed by atoms with Gasteiger partial charge < -0.3 is 9.84 Å². The lowest BCUT2D eigenvalue weighted by molar-refractivity contribution is -0.162. The first-order valence-corrected chi connectivity index (χ1v) is 8.04. The average molecular weight is 314 g/mol. The fourth-order valence-corrected chi connectivity index (χ4v) is 2.59. The summed E-state index contributed by atoms with van der Waals surface area (Å²) < 4.78 is 18.0. The highest BCUT2D eigenvalue weighted by atomic mass is 32.2. The van der Waals surface area contributed by atoms with E-state index < -0.39 is 23.2 Å². The molecule has 1 rings (SSSR count). The second-order valence-electron chi connectivity index (χ2n) is 4.53. The van der Waals surface area contributed by atoms with Crippen molar-refractivity contribution in [2.75, 3.05) is 18.6 Å². The standard InChI is InChI=1S/C15H19FO4S/c1-3-20-14(19)15(13(17)18,9-4-10-21-2)11-5-7-12(16)8-6-11/h5-8H,3-4,9-10H2,1-2H3,(H,17,18). The molecule has 0 bridgehead atoms. The number of benzene rings is 1. The van der Waals surface area contributed by atoms with Crippen molar-refractivity contribution in [3.05, 3.63) is 35.6 Å². The van der Waals surface area contributed by atoms with Crippen LogP contribution in [0.1, 0.15) is 25.3 Å². The van der Waals surface area contributed by atoms with Crippen molar-refractivity contribution in [1.82, 2.24) is 0 Å². The Hall–Kier alpha value is -1.56. The number of esters is 1. The van der Waals surface area contributed by atoms with E-state index in [-0.39, 0.29) is 18.6 Å². The highest BCUT2D eigenvalue weighted by Crippen LogP contribution is 2.32. The second kappa shape index (κ2) is 8.02. The normalized spacial score (nSPS) is 13.5. The molecule has 0 fully saturated rings. The molecular formula is C15H19FO4S. The van der Waals surface area contributed by atoms with Crippen LogP contribution in [0.3, 0.4) is 0 Å². The third-order valence-electron chi connectivity index (χ3n) is 3.23. The summed E-state index contributed by atoms with van der Waals surface area (Å²) in [7, 11) is 0. The number of carboxylic acid groups (broad SMARTS) is 1. The summed E-state index contributed by atoms with van der Waals surface area (Å²) in [4.78, 5) is 24.1. The molecule has 21 heavy (non-hydrogen) atoms. The van der Waals surface area contributed by atoms with Gasteiger partial charge in [-0.15, -0.1) is 0 Å². The van der Waals surface area contributed by atoms with Crippen molar-refractivity contribution in [3.8, 4) is 0 Å². The van der Waals surface area contributed by atoms with E-state index in [2.05, 4.69) is 0 Å². The molecule has 1 N–H and O–H groups in total. The fraction of sp³-hybridized carbons (Fsp3) is 0.467. The van der Waals surface area contributed by atoms with Crippen LogP contribution >= 0.6 is 11.8 Å². The predicted molar refractivity (Wildman–Crippen MR) is 80.0 cm³/mol. The maximum atomic E-state index is 13.1. The van der Waals surface area contributed by atoms with Crippen molar-refractivity contribution in [2.24, 2.45) is 0 Å². The Morgan fingerprint density at radius 3 is 2.43 bits per heavy atom. The molecule has 0 saturated carbocycles. The molecule has 1 unspecified atom stereocenters. The number of ether oxygens (including phenoxy) is 1. The number of halogens is 1. The van der Waals surface area contributed by atoms with Crippen LogP contribution in [-0.4, -0.2) is 35.7 Å². The SMILES string of the molecule is CCOC(=O)C(CCCSC)(C(=O)O)c1ccc(F)cc1. The zero-order chi connectivity index (χ0) is 15.9. The topological polar surface area (TPSA) is 63.6 Å². The summed E-state index contributed by atoms with van der Waals surface area (Å²) >= 11 is 1.57. The van der Waals surface area contributed by atoms with E-state index in [4.69, 9.17) is 4.74 Å². The molecule has 0 aliphatic heterocycles. The van der Waals surface area contributed by atoms with E-state index in [0.717, 1.165) is 17.9 Å². The van der Waals surface area contributed by atoms with E-state index in [1.54, 1.807) is 18.7 Å². The van der Waals surface area contributed by atoms with Gasteiger partial charge in [-0.05, 0) is 49.5 Å². The molecule has 0 saturated heterocycles. The van der Waals surface area contributed by atoms with E-state index in [0.29, 0.717) is 6.42 Å². The molecule has 0 aromatic heterocycles. The Kier molecular flexibility index (Phi) is 6.68. The maximum Gasteiger partial charge on any atom is 0.328 e. The highest BCUT2D eigenvalue weighted by molar-refractivity contribution is 7.98. The fourth-order valence-electron chi connectivity index (χ4n) is 2.15. The van der Waals surface area contributed by atoms with Gasteiger partial charge in [0, 0.05) is 0 Å². The molecule has 1 aromatic rings. The molecule has 6 heteroatoms. The zero-order valence-corrected chi connectivity index (χ0v) is 12.9. The lowest BCUT2D eigenvalue weighted by Gasteiger charge is -2.27. The van der Waals surface area contributed by atoms with Crippen LogP contribution in [0.4, 0.5) is 4.39 Å². The maximum absolute atomic E-state index is 13.1. The number of thioether (sulfide) groups is 1. The van der Waals surface area contributed by atoms with Crippen LogP contribution in [0.15, 0.2) is 24.3 Å². The number of rotatable bonds is 8. The third kappa shape index (κ3) is 3.97. The molecule has 116 valence electrons. The summed E-state index contributed by atoms with van der Waals surface area (Å²) in [5.41, 5.74) is -1.53. The average Bonchev–Trinajstić information content (AvgIpc) is 2.45. The minimum Gasteiger partial charge on any atom is -0.480 e. The molecule has 0 spiro atoms. The number of carboxylic acids is 1.